The first-order chi connectivity index (χ1) is 14.5. The average molecular weight is 464 g/mol. The van der Waals surface area contributed by atoms with Gasteiger partial charge in [-0.1, -0.05) is 41.9 Å². The van der Waals surface area contributed by atoms with Crippen LogP contribution in [0.1, 0.15) is 51.9 Å². The number of benzene rings is 1. The summed E-state index contributed by atoms with van der Waals surface area (Å²) in [5.74, 6) is -0.705. The zero-order chi connectivity index (χ0) is 23.3. The summed E-state index contributed by atoms with van der Waals surface area (Å²) in [6, 6.07) is 5.93. The van der Waals surface area contributed by atoms with Crippen LogP contribution < -0.4 is 10.1 Å². The van der Waals surface area contributed by atoms with Crippen molar-refractivity contribution >= 4 is 35.1 Å². The summed E-state index contributed by atoms with van der Waals surface area (Å²) in [7, 11) is 1.67. The summed E-state index contributed by atoms with van der Waals surface area (Å²) in [6.07, 6.45) is 3.02. The Kier molecular flexibility index (Phi) is 8.08. The molecule has 2 N–H and O–H groups in total. The van der Waals surface area contributed by atoms with Crippen LogP contribution in [0.4, 0.5) is 0 Å². The lowest BCUT2D eigenvalue weighted by Gasteiger charge is -2.15. The van der Waals surface area contributed by atoms with Gasteiger partial charge in [-0.05, 0) is 50.6 Å². The van der Waals surface area contributed by atoms with Crippen LogP contribution in [-0.2, 0) is 7.05 Å². The number of carboxylic acids is 1. The second kappa shape index (κ2) is 10.3. The van der Waals surface area contributed by atoms with Gasteiger partial charge in [0, 0.05) is 17.1 Å². The number of ether oxygens (including phenoxy) is 1. The lowest BCUT2D eigenvalue weighted by atomic mass is 10.1. The van der Waals surface area contributed by atoms with Crippen LogP contribution in [0, 0.1) is 6.92 Å². The van der Waals surface area contributed by atoms with Crippen LogP contribution >= 0.6 is 23.2 Å². The van der Waals surface area contributed by atoms with Crippen molar-refractivity contribution in [2.24, 2.45) is 7.05 Å². The fourth-order valence-electron chi connectivity index (χ4n) is 2.85. The average Bonchev–Trinajstić information content (AvgIpc) is 2.93. The van der Waals surface area contributed by atoms with Crippen molar-refractivity contribution in [3.8, 4) is 5.88 Å². The minimum absolute atomic E-state index is 0.175. The van der Waals surface area contributed by atoms with Crippen molar-refractivity contribution in [3.63, 3.8) is 0 Å². The van der Waals surface area contributed by atoms with E-state index in [4.69, 9.17) is 33.0 Å². The molecule has 0 saturated heterocycles. The number of carbonyl (C=O) groups excluding carboxylic acids is 1. The Morgan fingerprint density at radius 3 is 2.42 bits per heavy atom. The van der Waals surface area contributed by atoms with Crippen molar-refractivity contribution in [3.05, 3.63) is 81.2 Å². The maximum absolute atomic E-state index is 13.0. The fraction of sp³-hybridized carbons (Fsp3) is 0.227. The number of allylic oxidation sites excluding steroid dienone is 5. The molecule has 0 aliphatic heterocycles. The number of carboxylic acid groups (broad SMARTS) is 1. The van der Waals surface area contributed by atoms with Gasteiger partial charge >= 0.3 is 5.97 Å². The molecular weight excluding hydrogens is 441 g/mol. The van der Waals surface area contributed by atoms with E-state index in [1.807, 2.05) is 0 Å². The monoisotopic (exact) mass is 463 g/mol. The zero-order valence-electron chi connectivity index (χ0n) is 17.6. The molecule has 1 heterocycles. The molecule has 0 radical (unpaired) electrons. The predicted molar refractivity (Wildman–Crippen MR) is 121 cm³/mol. The third kappa shape index (κ3) is 6.47. The smallest absolute Gasteiger partial charge is 0.335 e. The summed E-state index contributed by atoms with van der Waals surface area (Å²) < 4.78 is 7.30. The highest BCUT2D eigenvalue weighted by atomic mass is 35.5. The van der Waals surface area contributed by atoms with Gasteiger partial charge in [-0.3, -0.25) is 4.79 Å². The number of aryl methyl sites for hydroxylation is 2. The van der Waals surface area contributed by atoms with Crippen LogP contribution in [0.5, 0.6) is 5.88 Å². The minimum Gasteiger partial charge on any atom is -0.478 e. The Labute approximate surface area is 190 Å². The van der Waals surface area contributed by atoms with Gasteiger partial charge in [0.1, 0.15) is 11.3 Å². The van der Waals surface area contributed by atoms with Gasteiger partial charge in [0.25, 0.3) is 5.91 Å². The van der Waals surface area contributed by atoms with Gasteiger partial charge in [0.05, 0.1) is 17.3 Å². The van der Waals surface area contributed by atoms with Crippen molar-refractivity contribution < 1.29 is 19.4 Å². The minimum atomic E-state index is -1.01. The SMILES string of the molecule is C=C(Cl)C=C(Cl)C=C(C)Oc1c(C(=O)NC(C)c2ccc(C(=O)O)cc2)c(C)nn1C. The molecule has 9 heteroatoms. The van der Waals surface area contributed by atoms with Gasteiger partial charge in [-0.25, -0.2) is 9.48 Å². The Balaban J connectivity index is 2.24. The summed E-state index contributed by atoms with van der Waals surface area (Å²) in [5.41, 5.74) is 1.71. The molecule has 1 aromatic carbocycles. The van der Waals surface area contributed by atoms with E-state index < -0.39 is 5.97 Å². The fourth-order valence-corrected chi connectivity index (χ4v) is 3.31. The highest BCUT2D eigenvalue weighted by Crippen LogP contribution is 2.25. The standard InChI is InChI=1S/C22H23Cl2N3O4/c1-12(23)10-18(24)11-13(2)31-21-19(15(4)26-27(21)5)20(28)25-14(3)16-6-8-17(9-7-16)22(29)30/h6-11,14H,1H2,2-5H3,(H,25,28)(H,29,30). The number of hydrogen-bond donors (Lipinski definition) is 2. The molecule has 0 aliphatic rings. The molecule has 1 atom stereocenters. The van der Waals surface area contributed by atoms with Crippen molar-refractivity contribution in [1.82, 2.24) is 15.1 Å². The normalized spacial score (nSPS) is 13.0. The van der Waals surface area contributed by atoms with Gasteiger partial charge in [-0.15, -0.1) is 0 Å². The van der Waals surface area contributed by atoms with E-state index in [9.17, 15) is 9.59 Å². The van der Waals surface area contributed by atoms with Crippen molar-refractivity contribution in [2.75, 3.05) is 0 Å². The number of halogens is 2. The first-order valence-corrected chi connectivity index (χ1v) is 10.0. The topological polar surface area (TPSA) is 93.4 Å². The lowest BCUT2D eigenvalue weighted by molar-refractivity contribution is 0.0696. The molecule has 164 valence electrons. The molecule has 1 amide bonds. The second-order valence-corrected chi connectivity index (χ2v) is 7.77. The van der Waals surface area contributed by atoms with Gasteiger partial charge in [0.2, 0.25) is 5.88 Å². The number of nitrogens with one attached hydrogen (secondary N) is 1. The number of nitrogens with zero attached hydrogens (tertiary/aromatic N) is 2. The quantitative estimate of drug-likeness (QED) is 0.420. The Hall–Kier alpha value is -3.03. The second-order valence-electron chi connectivity index (χ2n) is 6.84. The van der Waals surface area contributed by atoms with E-state index in [-0.39, 0.29) is 34.0 Å². The number of aromatic carboxylic acids is 1. The van der Waals surface area contributed by atoms with E-state index in [0.29, 0.717) is 16.5 Å². The largest absolute Gasteiger partial charge is 0.478 e. The summed E-state index contributed by atoms with van der Waals surface area (Å²) in [6.45, 7) is 8.74. The molecule has 1 aromatic heterocycles. The van der Waals surface area contributed by atoms with E-state index in [0.717, 1.165) is 5.56 Å². The maximum Gasteiger partial charge on any atom is 0.335 e. The predicted octanol–water partition coefficient (Wildman–Crippen LogP) is 5.08. The zero-order valence-corrected chi connectivity index (χ0v) is 19.1. The Morgan fingerprint density at radius 2 is 1.87 bits per heavy atom. The van der Waals surface area contributed by atoms with Crippen LogP contribution in [0.25, 0.3) is 0 Å². The highest BCUT2D eigenvalue weighted by Gasteiger charge is 2.24. The molecular formula is C22H23Cl2N3O4. The van der Waals surface area contributed by atoms with E-state index in [2.05, 4.69) is 17.0 Å². The molecule has 0 saturated carbocycles. The first kappa shape index (κ1) is 24.2. The molecule has 0 spiro atoms. The lowest BCUT2D eigenvalue weighted by Crippen LogP contribution is -2.27. The van der Waals surface area contributed by atoms with Crippen molar-refractivity contribution in [1.29, 1.82) is 0 Å². The van der Waals surface area contributed by atoms with E-state index in [1.54, 1.807) is 46.0 Å². The van der Waals surface area contributed by atoms with Crippen LogP contribution in [-0.4, -0.2) is 26.8 Å². The number of aromatic nitrogens is 2. The van der Waals surface area contributed by atoms with Crippen LogP contribution in [0.15, 0.2) is 58.8 Å². The molecule has 2 aromatic rings. The number of amides is 1. The number of carbonyl (C=O) groups is 2. The molecule has 0 bridgehead atoms. The molecule has 1 unspecified atom stereocenters. The molecule has 0 fully saturated rings. The highest BCUT2D eigenvalue weighted by molar-refractivity contribution is 6.35. The number of hydrogen-bond acceptors (Lipinski definition) is 4. The van der Waals surface area contributed by atoms with Crippen LogP contribution in [0.2, 0.25) is 0 Å². The molecule has 0 aliphatic carbocycles. The summed E-state index contributed by atoms with van der Waals surface area (Å²) in [4.78, 5) is 24.0. The first-order valence-electron chi connectivity index (χ1n) is 9.25. The third-order valence-electron chi connectivity index (χ3n) is 4.30. The van der Waals surface area contributed by atoms with Gasteiger partial charge < -0.3 is 15.2 Å². The van der Waals surface area contributed by atoms with Gasteiger partial charge in [-0.2, -0.15) is 5.10 Å². The van der Waals surface area contributed by atoms with Crippen LogP contribution in [0.3, 0.4) is 0 Å². The van der Waals surface area contributed by atoms with Crippen molar-refractivity contribution in [2.45, 2.75) is 26.8 Å². The Morgan fingerprint density at radius 1 is 1.26 bits per heavy atom. The van der Waals surface area contributed by atoms with E-state index >= 15 is 0 Å². The summed E-state index contributed by atoms with van der Waals surface area (Å²) in [5, 5.41) is 16.8. The Bertz CT molecular complexity index is 1070. The molecule has 2 rings (SSSR count). The van der Waals surface area contributed by atoms with E-state index in [1.165, 1.54) is 22.9 Å². The van der Waals surface area contributed by atoms with Gasteiger partial charge in [0.15, 0.2) is 0 Å². The number of rotatable bonds is 8. The third-order valence-corrected chi connectivity index (χ3v) is 4.62. The molecule has 31 heavy (non-hydrogen) atoms. The molecule has 7 nitrogen and oxygen atoms in total. The summed E-state index contributed by atoms with van der Waals surface area (Å²) >= 11 is 11.8. The maximum atomic E-state index is 13.0.